The lowest BCUT2D eigenvalue weighted by Gasteiger charge is -2.31. The molecule has 5 heteroatoms. The third kappa shape index (κ3) is 3.07. The first-order valence-corrected chi connectivity index (χ1v) is 5.94. The van der Waals surface area contributed by atoms with Gasteiger partial charge in [0.25, 0.3) is 0 Å². The number of hydrogen-bond donors (Lipinski definition) is 1. The standard InChI is InChI=1S/C13H16N2O3/c16-9-12-8-14-6-7-15(12)13(17)18-10-11-4-2-1-3-5-11/h1-5,9,12,14H,6-8,10H2/t12-/m1/s1. The van der Waals surface area contributed by atoms with Gasteiger partial charge in [0, 0.05) is 19.6 Å². The Balaban J connectivity index is 1.89. The first-order chi connectivity index (χ1) is 8.81. The van der Waals surface area contributed by atoms with Crippen molar-refractivity contribution in [3.63, 3.8) is 0 Å². The van der Waals surface area contributed by atoms with E-state index >= 15 is 0 Å². The molecule has 1 aliphatic rings. The van der Waals surface area contributed by atoms with Crippen LogP contribution in [0.3, 0.4) is 0 Å². The Morgan fingerprint density at radius 1 is 1.44 bits per heavy atom. The fraction of sp³-hybridized carbons (Fsp3) is 0.385. The van der Waals surface area contributed by atoms with Crippen molar-refractivity contribution in [2.75, 3.05) is 19.6 Å². The van der Waals surface area contributed by atoms with E-state index < -0.39 is 12.1 Å². The number of aldehydes is 1. The van der Waals surface area contributed by atoms with Crippen LogP contribution in [-0.4, -0.2) is 43.0 Å². The predicted molar refractivity (Wildman–Crippen MR) is 66.1 cm³/mol. The average molecular weight is 248 g/mol. The van der Waals surface area contributed by atoms with E-state index in [1.165, 1.54) is 4.90 Å². The quantitative estimate of drug-likeness (QED) is 0.804. The maximum atomic E-state index is 11.9. The number of nitrogens with one attached hydrogen (secondary N) is 1. The summed E-state index contributed by atoms with van der Waals surface area (Å²) < 4.78 is 5.20. The highest BCUT2D eigenvalue weighted by molar-refractivity contribution is 5.73. The van der Waals surface area contributed by atoms with Crippen molar-refractivity contribution in [1.82, 2.24) is 10.2 Å². The molecule has 0 spiro atoms. The highest BCUT2D eigenvalue weighted by Gasteiger charge is 2.27. The van der Waals surface area contributed by atoms with Gasteiger partial charge in [-0.15, -0.1) is 0 Å². The first-order valence-electron chi connectivity index (χ1n) is 5.94. The second-order valence-corrected chi connectivity index (χ2v) is 4.14. The number of amides is 1. The van der Waals surface area contributed by atoms with Gasteiger partial charge in [-0.1, -0.05) is 30.3 Å². The van der Waals surface area contributed by atoms with Gasteiger partial charge in [-0.25, -0.2) is 4.79 Å². The predicted octanol–water partition coefficient (Wildman–Crippen LogP) is 0.796. The second-order valence-electron chi connectivity index (χ2n) is 4.14. The molecule has 96 valence electrons. The van der Waals surface area contributed by atoms with Gasteiger partial charge in [-0.2, -0.15) is 0 Å². The molecule has 5 nitrogen and oxygen atoms in total. The van der Waals surface area contributed by atoms with Crippen molar-refractivity contribution >= 4 is 12.4 Å². The molecule has 1 atom stereocenters. The highest BCUT2D eigenvalue weighted by atomic mass is 16.6. The zero-order chi connectivity index (χ0) is 12.8. The summed E-state index contributed by atoms with van der Waals surface area (Å²) in [6.07, 6.45) is 0.341. The molecule has 1 aromatic rings. The maximum Gasteiger partial charge on any atom is 0.410 e. The van der Waals surface area contributed by atoms with Crippen LogP contribution in [-0.2, 0) is 16.1 Å². The average Bonchev–Trinajstić information content (AvgIpc) is 2.45. The van der Waals surface area contributed by atoms with E-state index in [0.717, 1.165) is 11.8 Å². The third-order valence-corrected chi connectivity index (χ3v) is 2.88. The van der Waals surface area contributed by atoms with Gasteiger partial charge in [0.2, 0.25) is 0 Å². The number of piperazine rings is 1. The van der Waals surface area contributed by atoms with Crippen LogP contribution in [0.4, 0.5) is 4.79 Å². The number of carbonyl (C=O) groups excluding carboxylic acids is 2. The third-order valence-electron chi connectivity index (χ3n) is 2.88. The summed E-state index contributed by atoms with van der Waals surface area (Å²) in [6.45, 7) is 1.90. The number of carbonyl (C=O) groups is 2. The summed E-state index contributed by atoms with van der Waals surface area (Å²) in [5.41, 5.74) is 0.934. The van der Waals surface area contributed by atoms with Crippen LogP contribution >= 0.6 is 0 Å². The Kier molecular flexibility index (Phi) is 4.30. The molecular formula is C13H16N2O3. The minimum atomic E-state index is -0.433. The summed E-state index contributed by atoms with van der Waals surface area (Å²) in [4.78, 5) is 24.2. The van der Waals surface area contributed by atoms with E-state index in [9.17, 15) is 9.59 Å². The number of rotatable bonds is 3. The molecule has 0 bridgehead atoms. The van der Waals surface area contributed by atoms with E-state index in [2.05, 4.69) is 5.32 Å². The minimum absolute atomic E-state index is 0.231. The van der Waals surface area contributed by atoms with Crippen molar-refractivity contribution in [3.8, 4) is 0 Å². The molecule has 1 aliphatic heterocycles. The topological polar surface area (TPSA) is 58.6 Å². The van der Waals surface area contributed by atoms with Crippen LogP contribution in [0.5, 0.6) is 0 Å². The molecule has 2 rings (SSSR count). The van der Waals surface area contributed by atoms with Gasteiger partial charge in [0.15, 0.2) is 0 Å². The van der Waals surface area contributed by atoms with Crippen LogP contribution in [0.2, 0.25) is 0 Å². The summed E-state index contributed by atoms with van der Waals surface area (Å²) in [7, 11) is 0. The highest BCUT2D eigenvalue weighted by Crippen LogP contribution is 2.07. The van der Waals surface area contributed by atoms with Crippen molar-refractivity contribution in [2.24, 2.45) is 0 Å². The fourth-order valence-electron chi connectivity index (χ4n) is 1.88. The molecule has 0 radical (unpaired) electrons. The van der Waals surface area contributed by atoms with E-state index in [1.54, 1.807) is 0 Å². The Bertz CT molecular complexity index is 408. The summed E-state index contributed by atoms with van der Waals surface area (Å²) >= 11 is 0. The van der Waals surface area contributed by atoms with Crippen LogP contribution in [0.1, 0.15) is 5.56 Å². The molecule has 1 amide bonds. The normalized spacial score (nSPS) is 19.3. The number of nitrogens with zero attached hydrogens (tertiary/aromatic N) is 1. The lowest BCUT2D eigenvalue weighted by atomic mass is 10.2. The van der Waals surface area contributed by atoms with Gasteiger partial charge in [-0.3, -0.25) is 4.90 Å². The van der Waals surface area contributed by atoms with Gasteiger partial charge in [-0.05, 0) is 5.56 Å². The van der Waals surface area contributed by atoms with Gasteiger partial charge in [0.05, 0.1) is 0 Å². The van der Waals surface area contributed by atoms with Crippen LogP contribution in [0.15, 0.2) is 30.3 Å². The largest absolute Gasteiger partial charge is 0.445 e. The Labute approximate surface area is 106 Å². The molecule has 18 heavy (non-hydrogen) atoms. The smallest absolute Gasteiger partial charge is 0.410 e. The van der Waals surface area contributed by atoms with E-state index in [-0.39, 0.29) is 6.61 Å². The molecule has 0 aromatic heterocycles. The molecule has 1 aromatic carbocycles. The second kappa shape index (κ2) is 6.16. The number of hydrogen-bond acceptors (Lipinski definition) is 4. The molecule has 0 aliphatic carbocycles. The molecule has 1 heterocycles. The van der Waals surface area contributed by atoms with Crippen molar-refractivity contribution in [3.05, 3.63) is 35.9 Å². The van der Waals surface area contributed by atoms with E-state index in [0.29, 0.717) is 19.6 Å². The van der Waals surface area contributed by atoms with Crippen LogP contribution < -0.4 is 5.32 Å². The Morgan fingerprint density at radius 2 is 2.22 bits per heavy atom. The lowest BCUT2D eigenvalue weighted by Crippen LogP contribution is -2.54. The SMILES string of the molecule is O=C[C@H]1CNCCN1C(=O)OCc1ccccc1. The van der Waals surface area contributed by atoms with Crippen molar-refractivity contribution in [2.45, 2.75) is 12.6 Å². The molecule has 1 saturated heterocycles. The lowest BCUT2D eigenvalue weighted by molar-refractivity contribution is -0.112. The summed E-state index contributed by atoms with van der Waals surface area (Å²) in [6, 6.07) is 9.04. The molecule has 0 saturated carbocycles. The molecule has 1 N–H and O–H groups in total. The van der Waals surface area contributed by atoms with Gasteiger partial charge in [0.1, 0.15) is 18.9 Å². The zero-order valence-electron chi connectivity index (χ0n) is 10.0. The van der Waals surface area contributed by atoms with Crippen LogP contribution in [0, 0.1) is 0 Å². The van der Waals surface area contributed by atoms with E-state index in [4.69, 9.17) is 4.74 Å². The Hall–Kier alpha value is -1.88. The van der Waals surface area contributed by atoms with Gasteiger partial charge < -0.3 is 14.8 Å². The molecule has 0 unspecified atom stereocenters. The minimum Gasteiger partial charge on any atom is -0.445 e. The Morgan fingerprint density at radius 3 is 2.94 bits per heavy atom. The number of ether oxygens (including phenoxy) is 1. The molecule has 1 fully saturated rings. The summed E-state index contributed by atoms with van der Waals surface area (Å²) in [5, 5.41) is 3.06. The summed E-state index contributed by atoms with van der Waals surface area (Å²) in [5.74, 6) is 0. The first kappa shape index (κ1) is 12.6. The maximum absolute atomic E-state index is 11.9. The number of benzene rings is 1. The van der Waals surface area contributed by atoms with E-state index in [1.807, 2.05) is 30.3 Å². The van der Waals surface area contributed by atoms with Crippen molar-refractivity contribution < 1.29 is 14.3 Å². The monoisotopic (exact) mass is 248 g/mol. The van der Waals surface area contributed by atoms with Crippen LogP contribution in [0.25, 0.3) is 0 Å². The fourth-order valence-corrected chi connectivity index (χ4v) is 1.88. The zero-order valence-corrected chi connectivity index (χ0v) is 10.0. The van der Waals surface area contributed by atoms with Crippen molar-refractivity contribution in [1.29, 1.82) is 0 Å². The van der Waals surface area contributed by atoms with Gasteiger partial charge >= 0.3 is 6.09 Å². The molecular weight excluding hydrogens is 232 g/mol.